The molecule has 0 unspecified atom stereocenters. The molecule has 18 heavy (non-hydrogen) atoms. The van der Waals surface area contributed by atoms with E-state index in [-0.39, 0.29) is 24.0 Å². The largest absolute Gasteiger partial charge is 0.313 e. The Bertz CT molecular complexity index is 419. The van der Waals surface area contributed by atoms with Crippen molar-refractivity contribution in [2.75, 3.05) is 13.2 Å². The lowest BCUT2D eigenvalue weighted by atomic mass is 8.92. The van der Waals surface area contributed by atoms with Crippen LogP contribution in [0.4, 0.5) is 0 Å². The minimum Gasteiger partial charge on any atom is -0.313 e. The van der Waals surface area contributed by atoms with Crippen molar-refractivity contribution in [1.82, 2.24) is 0 Å². The van der Waals surface area contributed by atoms with Gasteiger partial charge in [0.05, 0.1) is 0 Å². The fourth-order valence-corrected chi connectivity index (χ4v) is 6.88. The van der Waals surface area contributed by atoms with Crippen LogP contribution in [0.2, 0.25) is 0 Å². The fraction of sp³-hybridized carbons (Fsp3) is 1.00. The first kappa shape index (κ1) is 9.35. The molecule has 0 aliphatic heterocycles. The summed E-state index contributed by atoms with van der Waals surface area (Å²) in [6, 6.07) is 0. The number of rotatable bonds is 6. The third-order valence-electron chi connectivity index (χ3n) is 6.88. The molecule has 0 bridgehead atoms. The number of nitrogens with zero attached hydrogens (tertiary/aromatic N) is 2. The van der Waals surface area contributed by atoms with E-state index in [1.165, 1.54) is 0 Å². The van der Waals surface area contributed by atoms with E-state index in [1.807, 2.05) is 0 Å². The van der Waals surface area contributed by atoms with Crippen LogP contribution in [0.1, 0.15) is 0 Å². The smallest absolute Gasteiger partial charge is 0.294 e. The average molecular weight is 254 g/mol. The molecule has 6 rings (SSSR count). The molecular weight excluding hydrogens is 244 g/mol. The third-order valence-corrected chi connectivity index (χ3v) is 6.88. The van der Waals surface area contributed by atoms with Crippen molar-refractivity contribution in [3.63, 3.8) is 0 Å². The molecule has 0 aromatic heterocycles. The normalized spacial score (nSPS) is 62.0. The SMILES string of the molecule is O=[N+]([O-])OCC12C3C4C1C1C2C3C41CO[N+](=O)[O-]. The van der Waals surface area contributed by atoms with Gasteiger partial charge in [0.1, 0.15) is 13.2 Å². The van der Waals surface area contributed by atoms with Crippen LogP contribution in [0.5, 0.6) is 0 Å². The van der Waals surface area contributed by atoms with Crippen molar-refractivity contribution in [3.8, 4) is 0 Å². The lowest BCUT2D eigenvalue weighted by molar-refractivity contribution is -0.794. The van der Waals surface area contributed by atoms with E-state index < -0.39 is 10.2 Å². The number of hydrogen-bond acceptors (Lipinski definition) is 6. The van der Waals surface area contributed by atoms with E-state index in [1.54, 1.807) is 0 Å². The second-order valence-corrected chi connectivity index (χ2v) is 6.37. The predicted molar refractivity (Wildman–Crippen MR) is 51.7 cm³/mol. The Morgan fingerprint density at radius 3 is 1.28 bits per heavy atom. The Morgan fingerprint density at radius 1 is 0.778 bits per heavy atom. The van der Waals surface area contributed by atoms with Crippen molar-refractivity contribution in [3.05, 3.63) is 20.2 Å². The summed E-state index contributed by atoms with van der Waals surface area (Å²) in [5.41, 5.74) is 0.146. The Hall–Kier alpha value is -1.60. The van der Waals surface area contributed by atoms with E-state index in [0.717, 1.165) is 0 Å². The second kappa shape index (κ2) is 2.17. The third kappa shape index (κ3) is 0.522. The first-order chi connectivity index (χ1) is 8.57. The van der Waals surface area contributed by atoms with Crippen LogP contribution >= 0.6 is 0 Å². The summed E-state index contributed by atoms with van der Waals surface area (Å²) in [7, 11) is 0. The van der Waals surface area contributed by atoms with Crippen LogP contribution in [0.25, 0.3) is 0 Å². The Kier molecular flexibility index (Phi) is 1.12. The van der Waals surface area contributed by atoms with E-state index in [9.17, 15) is 20.2 Å². The highest BCUT2D eigenvalue weighted by molar-refractivity contribution is 5.54. The molecule has 0 aromatic carbocycles. The van der Waals surface area contributed by atoms with E-state index in [0.29, 0.717) is 35.5 Å². The topological polar surface area (TPSA) is 105 Å². The first-order valence-electron chi connectivity index (χ1n) is 6.11. The van der Waals surface area contributed by atoms with E-state index in [2.05, 4.69) is 9.68 Å². The molecule has 6 aliphatic carbocycles. The van der Waals surface area contributed by atoms with Crippen LogP contribution < -0.4 is 0 Å². The highest BCUT2D eigenvalue weighted by Crippen LogP contribution is 3.10. The van der Waals surface area contributed by atoms with Gasteiger partial charge in [0, 0.05) is 10.8 Å². The molecule has 0 heterocycles. The van der Waals surface area contributed by atoms with Crippen LogP contribution in [-0.4, -0.2) is 23.4 Å². The zero-order valence-electron chi connectivity index (χ0n) is 9.22. The molecule has 0 N–H and O–H groups in total. The van der Waals surface area contributed by atoms with Gasteiger partial charge in [-0.2, -0.15) is 0 Å². The van der Waals surface area contributed by atoms with Crippen molar-refractivity contribution in [1.29, 1.82) is 0 Å². The van der Waals surface area contributed by atoms with Crippen LogP contribution in [0, 0.1) is 66.6 Å². The van der Waals surface area contributed by atoms with Gasteiger partial charge < -0.3 is 9.68 Å². The predicted octanol–water partition coefficient (Wildman–Crippen LogP) is 0.141. The van der Waals surface area contributed by atoms with Crippen molar-refractivity contribution in [2.45, 2.75) is 0 Å². The lowest BCUT2D eigenvalue weighted by Crippen LogP contribution is -3.10. The second-order valence-electron chi connectivity index (χ2n) is 6.37. The first-order valence-corrected chi connectivity index (χ1v) is 6.11. The molecule has 96 valence electrons. The van der Waals surface area contributed by atoms with Crippen LogP contribution in [-0.2, 0) is 9.68 Å². The van der Waals surface area contributed by atoms with Gasteiger partial charge in [-0.1, -0.05) is 0 Å². The summed E-state index contributed by atoms with van der Waals surface area (Å²) >= 11 is 0. The molecule has 0 atom stereocenters. The molecular formula is C10H10N2O6. The minimum atomic E-state index is -0.715. The molecule has 0 aromatic rings. The highest BCUT2D eigenvalue weighted by Gasteiger charge is 3.09. The molecule has 6 aliphatic rings. The van der Waals surface area contributed by atoms with Gasteiger partial charge in [0.15, 0.2) is 0 Å². The molecule has 8 heteroatoms. The molecule has 6 fully saturated rings. The van der Waals surface area contributed by atoms with Gasteiger partial charge in [-0.3, -0.25) is 0 Å². The van der Waals surface area contributed by atoms with Crippen molar-refractivity contribution >= 4 is 0 Å². The summed E-state index contributed by atoms with van der Waals surface area (Å²) < 4.78 is 0. The molecule has 0 amide bonds. The maximum Gasteiger partial charge on any atom is 0.294 e. The maximum atomic E-state index is 10.3. The van der Waals surface area contributed by atoms with Gasteiger partial charge in [0.25, 0.3) is 10.2 Å². The standard InChI is InChI=1S/C10H10N2O6/c13-11(14)17-1-9-3-6-4(9)8-5(9)7(3)10(6,8)2-18-12(15)16/h3-8H,1-2H2. The van der Waals surface area contributed by atoms with Gasteiger partial charge >= 0.3 is 0 Å². The van der Waals surface area contributed by atoms with Gasteiger partial charge in [0.2, 0.25) is 0 Å². The Morgan fingerprint density at radius 2 is 1.06 bits per heavy atom. The van der Waals surface area contributed by atoms with Gasteiger partial charge in [-0.25, -0.2) is 0 Å². The van der Waals surface area contributed by atoms with E-state index >= 15 is 0 Å². The van der Waals surface area contributed by atoms with Crippen molar-refractivity contribution < 1.29 is 19.8 Å². The summed E-state index contributed by atoms with van der Waals surface area (Å²) in [5.74, 6) is 3.13. The molecule has 0 spiro atoms. The van der Waals surface area contributed by atoms with E-state index in [4.69, 9.17) is 0 Å². The van der Waals surface area contributed by atoms with Gasteiger partial charge in [-0.15, -0.1) is 20.2 Å². The summed E-state index contributed by atoms with van der Waals surface area (Å²) in [6.45, 7) is 0.464. The minimum absolute atomic E-state index is 0.0729. The van der Waals surface area contributed by atoms with Crippen LogP contribution in [0.15, 0.2) is 0 Å². The maximum absolute atomic E-state index is 10.3. The van der Waals surface area contributed by atoms with Crippen molar-refractivity contribution in [2.24, 2.45) is 46.3 Å². The molecule has 0 radical (unpaired) electrons. The molecule has 6 saturated carbocycles. The average Bonchev–Trinajstić information content (AvgIpc) is 2.34. The molecule has 8 nitrogen and oxygen atoms in total. The summed E-state index contributed by atoms with van der Waals surface area (Å²) in [5, 5.41) is 19.1. The van der Waals surface area contributed by atoms with Crippen LogP contribution in [0.3, 0.4) is 0 Å². The zero-order chi connectivity index (χ0) is 12.4. The fourth-order valence-electron chi connectivity index (χ4n) is 6.88. The molecule has 0 saturated heterocycles. The van der Waals surface area contributed by atoms with Gasteiger partial charge in [-0.05, 0) is 35.5 Å². The Balaban J connectivity index is 1.31. The zero-order valence-corrected chi connectivity index (χ0v) is 9.22. The summed E-state index contributed by atoms with van der Waals surface area (Å²) in [6.07, 6.45) is 0. The quantitative estimate of drug-likeness (QED) is 0.493. The summed E-state index contributed by atoms with van der Waals surface area (Å²) in [4.78, 5) is 29.7. The monoisotopic (exact) mass is 254 g/mol. The lowest BCUT2D eigenvalue weighted by Gasteiger charge is -3.11. The Labute approximate surface area is 100 Å². The number of hydrogen-bond donors (Lipinski definition) is 0. The highest BCUT2D eigenvalue weighted by atomic mass is 17.0.